The van der Waals surface area contributed by atoms with Gasteiger partial charge in [-0.1, -0.05) is 48.0 Å². The van der Waals surface area contributed by atoms with E-state index in [0.717, 1.165) is 5.56 Å². The molecule has 0 spiro atoms. The molecule has 2 aromatic carbocycles. The van der Waals surface area contributed by atoms with Crippen molar-refractivity contribution in [1.82, 2.24) is 5.32 Å². The van der Waals surface area contributed by atoms with Gasteiger partial charge in [-0.15, -0.1) is 0 Å². The standard InChI is InChI=1S/C18H19ClN2O3/c1-12-7-8-15(14(19)9-12)21-18(24)11-20-17(23)10-16(22)13-5-3-2-4-6-13/h2-9,16,22H,10-11H2,1H3,(H,20,23)(H,21,24). The number of anilines is 1. The molecule has 0 fully saturated rings. The van der Waals surface area contributed by atoms with E-state index in [-0.39, 0.29) is 18.9 Å². The fourth-order valence-electron chi connectivity index (χ4n) is 2.14. The lowest BCUT2D eigenvalue weighted by atomic mass is 10.1. The Morgan fingerprint density at radius 3 is 2.50 bits per heavy atom. The number of benzene rings is 2. The van der Waals surface area contributed by atoms with Crippen molar-refractivity contribution in [3.8, 4) is 0 Å². The Morgan fingerprint density at radius 1 is 1.12 bits per heavy atom. The van der Waals surface area contributed by atoms with E-state index in [1.165, 1.54) is 0 Å². The number of hydrogen-bond donors (Lipinski definition) is 3. The minimum absolute atomic E-state index is 0.109. The van der Waals surface area contributed by atoms with Crippen molar-refractivity contribution in [2.24, 2.45) is 0 Å². The van der Waals surface area contributed by atoms with Gasteiger partial charge in [0.1, 0.15) is 0 Å². The Kier molecular flexibility index (Phi) is 6.35. The minimum Gasteiger partial charge on any atom is -0.388 e. The number of nitrogens with one attached hydrogen (secondary N) is 2. The van der Waals surface area contributed by atoms with Crippen LogP contribution in [0.1, 0.15) is 23.7 Å². The average molecular weight is 347 g/mol. The Balaban J connectivity index is 1.80. The highest BCUT2D eigenvalue weighted by atomic mass is 35.5. The smallest absolute Gasteiger partial charge is 0.243 e. The van der Waals surface area contributed by atoms with Crippen molar-refractivity contribution >= 4 is 29.1 Å². The first-order chi connectivity index (χ1) is 11.5. The monoisotopic (exact) mass is 346 g/mol. The number of rotatable bonds is 6. The molecular formula is C18H19ClN2O3. The number of aryl methyl sites for hydroxylation is 1. The van der Waals surface area contributed by atoms with Gasteiger partial charge in [-0.2, -0.15) is 0 Å². The molecule has 0 aromatic heterocycles. The zero-order valence-corrected chi connectivity index (χ0v) is 14.0. The molecule has 0 aliphatic rings. The van der Waals surface area contributed by atoms with Gasteiger partial charge in [0.15, 0.2) is 0 Å². The molecule has 0 radical (unpaired) electrons. The summed E-state index contributed by atoms with van der Waals surface area (Å²) >= 11 is 6.04. The number of carbonyl (C=O) groups is 2. The van der Waals surface area contributed by atoms with Crippen LogP contribution in [0.4, 0.5) is 5.69 Å². The molecule has 2 rings (SSSR count). The van der Waals surface area contributed by atoms with Crippen LogP contribution in [0.2, 0.25) is 5.02 Å². The highest BCUT2D eigenvalue weighted by Crippen LogP contribution is 2.22. The minimum atomic E-state index is -0.902. The summed E-state index contributed by atoms with van der Waals surface area (Å²) in [5.74, 6) is -0.792. The third-order valence-electron chi connectivity index (χ3n) is 3.41. The first kappa shape index (κ1) is 18.0. The van der Waals surface area contributed by atoms with Gasteiger partial charge < -0.3 is 15.7 Å². The SMILES string of the molecule is Cc1ccc(NC(=O)CNC(=O)CC(O)c2ccccc2)c(Cl)c1. The Labute approximate surface area is 145 Å². The predicted molar refractivity (Wildman–Crippen MR) is 93.8 cm³/mol. The van der Waals surface area contributed by atoms with Crippen molar-refractivity contribution in [3.63, 3.8) is 0 Å². The molecule has 24 heavy (non-hydrogen) atoms. The maximum Gasteiger partial charge on any atom is 0.243 e. The summed E-state index contributed by atoms with van der Waals surface area (Å²) in [6, 6.07) is 14.2. The van der Waals surface area contributed by atoms with Gasteiger partial charge in [-0.05, 0) is 30.2 Å². The highest BCUT2D eigenvalue weighted by Gasteiger charge is 2.14. The second kappa shape index (κ2) is 8.47. The van der Waals surface area contributed by atoms with Gasteiger partial charge >= 0.3 is 0 Å². The van der Waals surface area contributed by atoms with Gasteiger partial charge in [-0.3, -0.25) is 9.59 Å². The number of aliphatic hydroxyl groups is 1. The van der Waals surface area contributed by atoms with E-state index < -0.39 is 12.0 Å². The van der Waals surface area contributed by atoms with Gasteiger partial charge in [0.05, 0.1) is 29.8 Å². The molecule has 0 saturated carbocycles. The van der Waals surface area contributed by atoms with Crippen LogP contribution in [-0.2, 0) is 9.59 Å². The molecular weight excluding hydrogens is 328 g/mol. The van der Waals surface area contributed by atoms with Crippen LogP contribution in [0.25, 0.3) is 0 Å². The maximum atomic E-state index is 11.9. The third kappa shape index (κ3) is 5.37. The van der Waals surface area contributed by atoms with Crippen LogP contribution in [0.5, 0.6) is 0 Å². The van der Waals surface area contributed by atoms with E-state index in [4.69, 9.17) is 11.6 Å². The van der Waals surface area contributed by atoms with Crippen LogP contribution in [0.3, 0.4) is 0 Å². The molecule has 0 heterocycles. The fraction of sp³-hybridized carbons (Fsp3) is 0.222. The van der Waals surface area contributed by atoms with Crippen molar-refractivity contribution in [2.45, 2.75) is 19.4 Å². The quantitative estimate of drug-likeness (QED) is 0.752. The van der Waals surface area contributed by atoms with Crippen LogP contribution in [0, 0.1) is 6.92 Å². The second-order valence-corrected chi connectivity index (χ2v) is 5.85. The van der Waals surface area contributed by atoms with Crippen LogP contribution < -0.4 is 10.6 Å². The molecule has 2 aromatic rings. The largest absolute Gasteiger partial charge is 0.388 e. The summed E-state index contributed by atoms with van der Waals surface area (Å²) in [7, 11) is 0. The molecule has 0 aliphatic heterocycles. The summed E-state index contributed by atoms with van der Waals surface area (Å²) < 4.78 is 0. The molecule has 6 heteroatoms. The number of aliphatic hydroxyl groups excluding tert-OH is 1. The van der Waals surface area contributed by atoms with Gasteiger partial charge in [0.25, 0.3) is 0 Å². The Bertz CT molecular complexity index is 719. The average Bonchev–Trinajstić information content (AvgIpc) is 2.56. The van der Waals surface area contributed by atoms with E-state index in [9.17, 15) is 14.7 Å². The topological polar surface area (TPSA) is 78.4 Å². The van der Waals surface area contributed by atoms with Crippen LogP contribution in [0.15, 0.2) is 48.5 Å². The second-order valence-electron chi connectivity index (χ2n) is 5.44. The molecule has 126 valence electrons. The van der Waals surface area contributed by atoms with Gasteiger partial charge in [0, 0.05) is 0 Å². The predicted octanol–water partition coefficient (Wildman–Crippen LogP) is 2.83. The lowest BCUT2D eigenvalue weighted by molar-refractivity contribution is -0.125. The molecule has 0 aliphatic carbocycles. The van der Waals surface area contributed by atoms with Crippen LogP contribution in [-0.4, -0.2) is 23.5 Å². The molecule has 5 nitrogen and oxygen atoms in total. The summed E-state index contributed by atoms with van der Waals surface area (Å²) in [6.45, 7) is 1.71. The third-order valence-corrected chi connectivity index (χ3v) is 3.72. The molecule has 1 atom stereocenters. The van der Waals surface area contributed by atoms with Gasteiger partial charge in [-0.25, -0.2) is 0 Å². The summed E-state index contributed by atoms with van der Waals surface area (Å²) in [4.78, 5) is 23.7. The van der Waals surface area contributed by atoms with E-state index >= 15 is 0 Å². The van der Waals surface area contributed by atoms with Crippen molar-refractivity contribution in [2.75, 3.05) is 11.9 Å². The number of halogens is 1. The number of carbonyl (C=O) groups excluding carboxylic acids is 2. The van der Waals surface area contributed by atoms with Crippen molar-refractivity contribution in [1.29, 1.82) is 0 Å². The van der Waals surface area contributed by atoms with E-state index in [2.05, 4.69) is 10.6 Å². The summed E-state index contributed by atoms with van der Waals surface area (Å²) in [5.41, 5.74) is 2.13. The first-order valence-electron chi connectivity index (χ1n) is 7.51. The number of amides is 2. The molecule has 3 N–H and O–H groups in total. The Hall–Kier alpha value is -2.37. The van der Waals surface area contributed by atoms with Crippen molar-refractivity contribution in [3.05, 3.63) is 64.7 Å². The molecule has 2 amide bonds. The lowest BCUT2D eigenvalue weighted by Gasteiger charge is -2.12. The first-order valence-corrected chi connectivity index (χ1v) is 7.89. The van der Waals surface area contributed by atoms with E-state index in [1.807, 2.05) is 19.1 Å². The highest BCUT2D eigenvalue weighted by molar-refractivity contribution is 6.33. The van der Waals surface area contributed by atoms with Crippen molar-refractivity contribution < 1.29 is 14.7 Å². The molecule has 1 unspecified atom stereocenters. The molecule has 0 saturated heterocycles. The normalized spacial score (nSPS) is 11.6. The van der Waals surface area contributed by atoms with Gasteiger partial charge in [0.2, 0.25) is 11.8 Å². The molecule has 0 bridgehead atoms. The Morgan fingerprint density at radius 2 is 1.83 bits per heavy atom. The van der Waals surface area contributed by atoms with Crippen LogP contribution >= 0.6 is 11.6 Å². The lowest BCUT2D eigenvalue weighted by Crippen LogP contribution is -2.33. The summed E-state index contributed by atoms with van der Waals surface area (Å²) in [5, 5.41) is 15.5. The fourth-order valence-corrected chi connectivity index (χ4v) is 2.42. The zero-order chi connectivity index (χ0) is 17.5. The van der Waals surface area contributed by atoms with E-state index in [1.54, 1.807) is 36.4 Å². The number of hydrogen-bond acceptors (Lipinski definition) is 3. The van der Waals surface area contributed by atoms with E-state index in [0.29, 0.717) is 16.3 Å². The summed E-state index contributed by atoms with van der Waals surface area (Å²) in [6.07, 6.45) is -1.01. The zero-order valence-electron chi connectivity index (χ0n) is 13.3. The maximum absolute atomic E-state index is 11.9.